The number of nitrogens with zero attached hydrogens (tertiary/aromatic N) is 3. The molecule has 1 saturated heterocycles. The third kappa shape index (κ3) is 1.81. The highest BCUT2D eigenvalue weighted by Gasteiger charge is 2.36. The lowest BCUT2D eigenvalue weighted by atomic mass is 10.0. The third-order valence-electron chi connectivity index (χ3n) is 2.83. The summed E-state index contributed by atoms with van der Waals surface area (Å²) in [5.41, 5.74) is 0. The SMILES string of the molecule is Cc1nsc(N2CCC(C(=O)O)C2C)n1. The number of hydrogen-bond acceptors (Lipinski definition) is 5. The molecule has 82 valence electrons. The molecule has 0 bridgehead atoms. The van der Waals surface area contributed by atoms with E-state index in [1.54, 1.807) is 0 Å². The second-order valence-corrected chi connectivity index (χ2v) is 4.52. The van der Waals surface area contributed by atoms with Crippen LogP contribution in [0.25, 0.3) is 0 Å². The highest BCUT2D eigenvalue weighted by Crippen LogP contribution is 2.30. The van der Waals surface area contributed by atoms with Crippen LogP contribution in [0.3, 0.4) is 0 Å². The van der Waals surface area contributed by atoms with Gasteiger partial charge >= 0.3 is 5.97 Å². The topological polar surface area (TPSA) is 66.3 Å². The number of aryl methyl sites for hydroxylation is 1. The zero-order valence-corrected chi connectivity index (χ0v) is 9.49. The summed E-state index contributed by atoms with van der Waals surface area (Å²) in [6.07, 6.45) is 0.690. The Hall–Kier alpha value is -1.17. The molecule has 1 aromatic heterocycles. The maximum absolute atomic E-state index is 10.9. The van der Waals surface area contributed by atoms with Crippen molar-refractivity contribution in [3.05, 3.63) is 5.82 Å². The minimum absolute atomic E-state index is 0.00912. The van der Waals surface area contributed by atoms with Gasteiger partial charge in [-0.2, -0.15) is 4.37 Å². The van der Waals surface area contributed by atoms with Crippen LogP contribution in [0.1, 0.15) is 19.2 Å². The predicted molar refractivity (Wildman–Crippen MR) is 57.2 cm³/mol. The third-order valence-corrected chi connectivity index (χ3v) is 3.68. The van der Waals surface area contributed by atoms with Crippen LogP contribution < -0.4 is 4.90 Å². The summed E-state index contributed by atoms with van der Waals surface area (Å²) in [5.74, 6) is -0.249. The molecule has 2 rings (SSSR count). The van der Waals surface area contributed by atoms with Crippen molar-refractivity contribution in [3.63, 3.8) is 0 Å². The van der Waals surface area contributed by atoms with Gasteiger partial charge in [-0.05, 0) is 20.3 Å². The number of aromatic nitrogens is 2. The summed E-state index contributed by atoms with van der Waals surface area (Å²) in [6, 6.07) is 0.00912. The normalized spacial score (nSPS) is 25.9. The van der Waals surface area contributed by atoms with Crippen molar-refractivity contribution in [1.29, 1.82) is 0 Å². The smallest absolute Gasteiger partial charge is 0.308 e. The van der Waals surface area contributed by atoms with Crippen LogP contribution in [-0.2, 0) is 4.79 Å². The van der Waals surface area contributed by atoms with E-state index in [1.807, 2.05) is 18.7 Å². The van der Waals surface area contributed by atoms with E-state index in [0.717, 1.165) is 17.5 Å². The Bertz CT molecular complexity index is 379. The zero-order valence-electron chi connectivity index (χ0n) is 8.67. The lowest BCUT2D eigenvalue weighted by Crippen LogP contribution is -2.32. The first-order valence-electron chi connectivity index (χ1n) is 4.89. The van der Waals surface area contributed by atoms with E-state index in [0.29, 0.717) is 6.42 Å². The Morgan fingerprint density at radius 3 is 2.87 bits per heavy atom. The first kappa shape index (κ1) is 10.4. The molecule has 0 aliphatic carbocycles. The Morgan fingerprint density at radius 1 is 1.67 bits per heavy atom. The Labute approximate surface area is 91.9 Å². The number of aliphatic carboxylic acids is 1. The molecule has 2 heterocycles. The van der Waals surface area contributed by atoms with E-state index in [2.05, 4.69) is 9.36 Å². The molecule has 5 nitrogen and oxygen atoms in total. The molecule has 0 radical (unpaired) electrons. The summed E-state index contributed by atoms with van der Waals surface area (Å²) in [7, 11) is 0. The van der Waals surface area contributed by atoms with Gasteiger partial charge in [-0.25, -0.2) is 4.98 Å². The van der Waals surface area contributed by atoms with E-state index in [4.69, 9.17) is 5.11 Å². The predicted octanol–water partition coefficient (Wildman–Crippen LogP) is 1.15. The van der Waals surface area contributed by atoms with Crippen molar-refractivity contribution in [2.45, 2.75) is 26.3 Å². The first-order valence-corrected chi connectivity index (χ1v) is 5.66. The molecular formula is C9H13N3O2S. The molecule has 0 aromatic carbocycles. The second kappa shape index (κ2) is 3.77. The molecule has 15 heavy (non-hydrogen) atoms. The monoisotopic (exact) mass is 227 g/mol. The fourth-order valence-corrected chi connectivity index (χ4v) is 2.73. The highest BCUT2D eigenvalue weighted by atomic mass is 32.1. The zero-order chi connectivity index (χ0) is 11.0. The van der Waals surface area contributed by atoms with E-state index < -0.39 is 5.97 Å². The van der Waals surface area contributed by atoms with Crippen LogP contribution in [0.2, 0.25) is 0 Å². The summed E-state index contributed by atoms with van der Waals surface area (Å²) in [4.78, 5) is 17.2. The number of carboxylic acids is 1. The molecule has 1 aromatic rings. The fraction of sp³-hybridized carbons (Fsp3) is 0.667. The fourth-order valence-electron chi connectivity index (χ4n) is 1.94. The van der Waals surface area contributed by atoms with Gasteiger partial charge in [0.05, 0.1) is 5.92 Å². The minimum Gasteiger partial charge on any atom is -0.481 e. The van der Waals surface area contributed by atoms with Gasteiger partial charge in [0, 0.05) is 24.1 Å². The second-order valence-electron chi connectivity index (χ2n) is 3.79. The Kier molecular flexibility index (Phi) is 2.60. The molecule has 2 unspecified atom stereocenters. The van der Waals surface area contributed by atoms with E-state index in [9.17, 15) is 4.79 Å². The van der Waals surface area contributed by atoms with Gasteiger partial charge in [0.2, 0.25) is 5.13 Å². The molecular weight excluding hydrogens is 214 g/mol. The molecule has 1 aliphatic rings. The van der Waals surface area contributed by atoms with Crippen LogP contribution >= 0.6 is 11.5 Å². The summed E-state index contributed by atoms with van der Waals surface area (Å²) >= 11 is 1.34. The van der Waals surface area contributed by atoms with Gasteiger partial charge in [0.25, 0.3) is 0 Å². The minimum atomic E-state index is -0.716. The molecule has 2 atom stereocenters. The standard InChI is InChI=1S/C9H13N3O2S/c1-5-7(8(13)14)3-4-12(5)9-10-6(2)11-15-9/h5,7H,3-4H2,1-2H3,(H,13,14). The largest absolute Gasteiger partial charge is 0.481 e. The average molecular weight is 227 g/mol. The van der Waals surface area contributed by atoms with E-state index >= 15 is 0 Å². The van der Waals surface area contributed by atoms with Crippen molar-refractivity contribution in [2.75, 3.05) is 11.4 Å². The quantitative estimate of drug-likeness (QED) is 0.820. The molecule has 1 aliphatic heterocycles. The van der Waals surface area contributed by atoms with Crippen molar-refractivity contribution in [2.24, 2.45) is 5.92 Å². The van der Waals surface area contributed by atoms with Crippen molar-refractivity contribution in [3.8, 4) is 0 Å². The molecule has 0 spiro atoms. The number of anilines is 1. The van der Waals surface area contributed by atoms with Crippen molar-refractivity contribution >= 4 is 22.6 Å². The van der Waals surface area contributed by atoms with Crippen molar-refractivity contribution < 1.29 is 9.90 Å². The summed E-state index contributed by atoms with van der Waals surface area (Å²) in [6.45, 7) is 4.53. The number of hydrogen-bond donors (Lipinski definition) is 1. The van der Waals surface area contributed by atoms with Gasteiger partial charge in [0.1, 0.15) is 5.82 Å². The maximum atomic E-state index is 10.9. The number of carbonyl (C=O) groups is 1. The lowest BCUT2D eigenvalue weighted by Gasteiger charge is -2.21. The van der Waals surface area contributed by atoms with Crippen molar-refractivity contribution in [1.82, 2.24) is 9.36 Å². The molecule has 6 heteroatoms. The van der Waals surface area contributed by atoms with Crippen LogP contribution in [0, 0.1) is 12.8 Å². The van der Waals surface area contributed by atoms with Gasteiger partial charge in [0.15, 0.2) is 0 Å². The van der Waals surface area contributed by atoms with E-state index in [1.165, 1.54) is 11.5 Å². The van der Waals surface area contributed by atoms with Gasteiger partial charge in [-0.3, -0.25) is 4.79 Å². The van der Waals surface area contributed by atoms with Crippen LogP contribution in [0.15, 0.2) is 0 Å². The molecule has 1 fully saturated rings. The number of rotatable bonds is 2. The lowest BCUT2D eigenvalue weighted by molar-refractivity contribution is -0.141. The highest BCUT2D eigenvalue weighted by molar-refractivity contribution is 7.09. The summed E-state index contributed by atoms with van der Waals surface area (Å²) < 4.78 is 4.11. The maximum Gasteiger partial charge on any atom is 0.308 e. The average Bonchev–Trinajstić information content (AvgIpc) is 2.71. The Morgan fingerprint density at radius 2 is 2.40 bits per heavy atom. The molecule has 1 N–H and O–H groups in total. The van der Waals surface area contributed by atoms with E-state index in [-0.39, 0.29) is 12.0 Å². The van der Waals surface area contributed by atoms with Crippen LogP contribution in [0.4, 0.5) is 5.13 Å². The summed E-state index contributed by atoms with van der Waals surface area (Å²) in [5, 5.41) is 9.83. The van der Waals surface area contributed by atoms with Crippen LogP contribution in [-0.4, -0.2) is 33.0 Å². The Balaban J connectivity index is 2.16. The first-order chi connectivity index (χ1) is 7.09. The number of carboxylic acid groups (broad SMARTS) is 1. The van der Waals surface area contributed by atoms with Gasteiger partial charge in [-0.15, -0.1) is 0 Å². The van der Waals surface area contributed by atoms with Gasteiger partial charge < -0.3 is 10.0 Å². The van der Waals surface area contributed by atoms with Gasteiger partial charge in [-0.1, -0.05) is 0 Å². The van der Waals surface area contributed by atoms with Crippen LogP contribution in [0.5, 0.6) is 0 Å². The molecule has 0 saturated carbocycles. The molecule has 0 amide bonds.